The van der Waals surface area contributed by atoms with Gasteiger partial charge in [0.25, 0.3) is 0 Å². The molecule has 0 bridgehead atoms. The fraction of sp³-hybridized carbons (Fsp3) is 0.385. The second-order valence-corrected chi connectivity index (χ2v) is 3.66. The van der Waals surface area contributed by atoms with Gasteiger partial charge in [0.15, 0.2) is 0 Å². The molecule has 0 aliphatic heterocycles. The van der Waals surface area contributed by atoms with E-state index in [-0.39, 0.29) is 0 Å². The van der Waals surface area contributed by atoms with Crippen LogP contribution in [0.4, 0.5) is 13.2 Å². The zero-order chi connectivity index (χ0) is 12.9. The van der Waals surface area contributed by atoms with Gasteiger partial charge < -0.3 is 4.90 Å². The largest absolute Gasteiger partial charge is 0.416 e. The van der Waals surface area contributed by atoms with E-state index in [1.807, 2.05) is 26.1 Å². The molecule has 0 unspecified atom stereocenters. The molecule has 1 rings (SSSR count). The van der Waals surface area contributed by atoms with E-state index < -0.39 is 11.7 Å². The number of alkyl halides is 3. The predicted octanol–water partition coefficient (Wildman–Crippen LogP) is 4.02. The standard InChI is InChI=1S/C13H16F3N/c1-3-17(4-2)10-9-11-5-7-12(8-6-11)13(14,15)16/h5-10H,3-4H2,1-2H3/b10-9+. The van der Waals surface area contributed by atoms with E-state index in [9.17, 15) is 13.2 Å². The Labute approximate surface area is 99.6 Å². The van der Waals surface area contributed by atoms with Crippen LogP contribution < -0.4 is 0 Å². The molecule has 17 heavy (non-hydrogen) atoms. The van der Waals surface area contributed by atoms with Crippen LogP contribution in [0.25, 0.3) is 6.08 Å². The highest BCUT2D eigenvalue weighted by atomic mass is 19.4. The van der Waals surface area contributed by atoms with Crippen molar-refractivity contribution >= 4 is 6.08 Å². The number of rotatable bonds is 4. The van der Waals surface area contributed by atoms with Crippen LogP contribution in [0.3, 0.4) is 0 Å². The fourth-order valence-electron chi connectivity index (χ4n) is 1.41. The number of hydrogen-bond acceptors (Lipinski definition) is 1. The second kappa shape index (κ2) is 5.75. The van der Waals surface area contributed by atoms with E-state index in [2.05, 4.69) is 4.90 Å². The summed E-state index contributed by atoms with van der Waals surface area (Å²) in [5, 5.41) is 0. The molecule has 0 atom stereocenters. The van der Waals surface area contributed by atoms with Gasteiger partial charge in [-0.3, -0.25) is 0 Å². The van der Waals surface area contributed by atoms with E-state index in [4.69, 9.17) is 0 Å². The summed E-state index contributed by atoms with van der Waals surface area (Å²) in [6, 6.07) is 5.15. The molecular formula is C13H16F3N. The minimum atomic E-state index is -4.26. The van der Waals surface area contributed by atoms with Crippen LogP contribution in [-0.4, -0.2) is 18.0 Å². The molecule has 0 radical (unpaired) electrons. The molecule has 0 aliphatic carbocycles. The van der Waals surface area contributed by atoms with E-state index in [0.717, 1.165) is 30.8 Å². The third-order valence-electron chi connectivity index (χ3n) is 2.53. The Balaban J connectivity index is 2.75. The molecule has 1 aromatic carbocycles. The minimum absolute atomic E-state index is 0.613. The van der Waals surface area contributed by atoms with Crippen LogP contribution in [0.2, 0.25) is 0 Å². The second-order valence-electron chi connectivity index (χ2n) is 3.66. The summed E-state index contributed by atoms with van der Waals surface area (Å²) in [6.07, 6.45) is -0.559. The van der Waals surface area contributed by atoms with Crippen molar-refractivity contribution in [2.24, 2.45) is 0 Å². The lowest BCUT2D eigenvalue weighted by atomic mass is 10.1. The first-order valence-corrected chi connectivity index (χ1v) is 5.57. The molecule has 1 nitrogen and oxygen atoms in total. The third-order valence-corrected chi connectivity index (χ3v) is 2.53. The smallest absolute Gasteiger partial charge is 0.378 e. The zero-order valence-electron chi connectivity index (χ0n) is 9.96. The summed E-state index contributed by atoms with van der Waals surface area (Å²) in [7, 11) is 0. The first-order valence-electron chi connectivity index (χ1n) is 5.57. The van der Waals surface area contributed by atoms with Gasteiger partial charge in [0.05, 0.1) is 5.56 Å². The Hall–Kier alpha value is -1.45. The maximum atomic E-state index is 12.3. The SMILES string of the molecule is CCN(/C=C/c1ccc(C(F)(F)F)cc1)CC. The van der Waals surface area contributed by atoms with Gasteiger partial charge >= 0.3 is 6.18 Å². The average Bonchev–Trinajstić information content (AvgIpc) is 2.30. The number of halogens is 3. The molecule has 4 heteroatoms. The summed E-state index contributed by atoms with van der Waals surface area (Å²) < 4.78 is 36.9. The third kappa shape index (κ3) is 4.13. The molecule has 0 fully saturated rings. The molecule has 0 heterocycles. The lowest BCUT2D eigenvalue weighted by Gasteiger charge is -2.14. The Kier molecular flexibility index (Phi) is 4.61. The van der Waals surface area contributed by atoms with Crippen LogP contribution in [0, 0.1) is 0 Å². The maximum Gasteiger partial charge on any atom is 0.416 e. The van der Waals surface area contributed by atoms with E-state index in [1.165, 1.54) is 12.1 Å². The van der Waals surface area contributed by atoms with Crippen LogP contribution >= 0.6 is 0 Å². The zero-order valence-corrected chi connectivity index (χ0v) is 9.96. The molecule has 0 saturated carbocycles. The monoisotopic (exact) mass is 243 g/mol. The normalized spacial score (nSPS) is 12.1. The molecule has 0 amide bonds. The topological polar surface area (TPSA) is 3.24 Å². The number of hydrogen-bond donors (Lipinski definition) is 0. The van der Waals surface area contributed by atoms with Crippen molar-refractivity contribution in [3.8, 4) is 0 Å². The number of benzene rings is 1. The molecule has 0 spiro atoms. The van der Waals surface area contributed by atoms with Gasteiger partial charge in [-0.1, -0.05) is 12.1 Å². The minimum Gasteiger partial charge on any atom is -0.378 e. The lowest BCUT2D eigenvalue weighted by Crippen LogP contribution is -2.14. The highest BCUT2D eigenvalue weighted by Crippen LogP contribution is 2.29. The summed E-state index contributed by atoms with van der Waals surface area (Å²) in [5.41, 5.74) is 0.155. The van der Waals surface area contributed by atoms with E-state index in [1.54, 1.807) is 0 Å². The van der Waals surface area contributed by atoms with Gasteiger partial charge in [-0.25, -0.2) is 0 Å². The van der Waals surface area contributed by atoms with Crippen molar-refractivity contribution in [2.75, 3.05) is 13.1 Å². The highest BCUT2D eigenvalue weighted by molar-refractivity contribution is 5.49. The summed E-state index contributed by atoms with van der Waals surface area (Å²) in [5.74, 6) is 0. The van der Waals surface area contributed by atoms with E-state index >= 15 is 0 Å². The first kappa shape index (κ1) is 13.6. The summed E-state index contributed by atoms with van der Waals surface area (Å²) >= 11 is 0. The van der Waals surface area contributed by atoms with Crippen molar-refractivity contribution in [1.82, 2.24) is 4.90 Å². The van der Waals surface area contributed by atoms with Crippen LogP contribution in [-0.2, 0) is 6.18 Å². The molecule has 0 aliphatic rings. The first-order chi connectivity index (χ1) is 7.97. The average molecular weight is 243 g/mol. The predicted molar refractivity (Wildman–Crippen MR) is 63.4 cm³/mol. The van der Waals surface area contributed by atoms with Crippen LogP contribution in [0.15, 0.2) is 30.5 Å². The van der Waals surface area contributed by atoms with Crippen LogP contribution in [0.1, 0.15) is 25.0 Å². The molecule has 0 saturated heterocycles. The summed E-state index contributed by atoms with van der Waals surface area (Å²) in [4.78, 5) is 2.07. The van der Waals surface area contributed by atoms with Gasteiger partial charge in [-0.15, -0.1) is 0 Å². The Bertz CT molecular complexity index is 361. The Morgan fingerprint density at radius 2 is 1.59 bits per heavy atom. The van der Waals surface area contributed by atoms with Crippen LogP contribution in [0.5, 0.6) is 0 Å². The van der Waals surface area contributed by atoms with Gasteiger partial charge in [0.2, 0.25) is 0 Å². The Morgan fingerprint density at radius 3 is 2.00 bits per heavy atom. The van der Waals surface area contributed by atoms with Gasteiger partial charge in [0, 0.05) is 13.1 Å². The van der Waals surface area contributed by atoms with E-state index in [0.29, 0.717) is 0 Å². The van der Waals surface area contributed by atoms with Crippen molar-refractivity contribution in [2.45, 2.75) is 20.0 Å². The molecular weight excluding hydrogens is 227 g/mol. The quantitative estimate of drug-likeness (QED) is 0.772. The number of nitrogens with zero attached hydrogens (tertiary/aromatic N) is 1. The lowest BCUT2D eigenvalue weighted by molar-refractivity contribution is -0.137. The highest BCUT2D eigenvalue weighted by Gasteiger charge is 2.29. The molecule has 0 N–H and O–H groups in total. The molecule has 94 valence electrons. The maximum absolute atomic E-state index is 12.3. The van der Waals surface area contributed by atoms with Crippen molar-refractivity contribution in [1.29, 1.82) is 0 Å². The van der Waals surface area contributed by atoms with Crippen molar-refractivity contribution < 1.29 is 13.2 Å². The van der Waals surface area contributed by atoms with Crippen molar-refractivity contribution in [3.63, 3.8) is 0 Å². The Morgan fingerprint density at radius 1 is 1.06 bits per heavy atom. The molecule has 0 aromatic heterocycles. The van der Waals surface area contributed by atoms with Gasteiger partial charge in [-0.2, -0.15) is 13.2 Å². The molecule has 1 aromatic rings. The summed E-state index contributed by atoms with van der Waals surface area (Å²) in [6.45, 7) is 5.82. The van der Waals surface area contributed by atoms with Gasteiger partial charge in [0.1, 0.15) is 0 Å². The fourth-order valence-corrected chi connectivity index (χ4v) is 1.41. The van der Waals surface area contributed by atoms with Crippen molar-refractivity contribution in [3.05, 3.63) is 41.6 Å². The van der Waals surface area contributed by atoms with Gasteiger partial charge in [-0.05, 0) is 43.8 Å².